The smallest absolute Gasteiger partial charge is 0.305 e. The highest BCUT2D eigenvalue weighted by Crippen LogP contribution is 2.35. The number of benzene rings is 1. The number of nitrogen functional groups attached to an aromatic ring is 1. The molecule has 68 heavy (non-hydrogen) atoms. The Labute approximate surface area is 397 Å². The number of aliphatic carboxylic acids is 1. The SMILES string of the molecule is C#Cc1c(SC[C@H](NC(=O)CN)C(=O)N[C@@H](CC(=O)O)C(=O)N2C[C@H](O)C[C@H]2C(=O)N[C@H](C(=O)N[C@@H](C#C)C(=O)NCC(=O)N[C@H](C(C)=O)[C@@H](C)CC)[C@@H](C=C)CC)[nH]c2cc(OC)c(N)cc12. The number of aromatic amines is 1. The molecule has 22 nitrogen and oxygen atoms in total. The molecule has 368 valence electrons. The van der Waals surface area contributed by atoms with E-state index in [2.05, 4.69) is 55.3 Å². The Kier molecular flexibility index (Phi) is 20.9. The summed E-state index contributed by atoms with van der Waals surface area (Å²) in [5.41, 5.74) is 12.9. The zero-order valence-electron chi connectivity index (χ0n) is 38.4. The number of methoxy groups -OCH3 is 1. The minimum Gasteiger partial charge on any atom is -0.495 e. The first-order valence-corrected chi connectivity index (χ1v) is 22.5. The van der Waals surface area contributed by atoms with E-state index in [9.17, 15) is 53.4 Å². The van der Waals surface area contributed by atoms with Gasteiger partial charge in [0.05, 0.1) is 60.6 Å². The number of hydrogen-bond donors (Lipinski definition) is 11. The molecule has 7 amide bonds. The number of aliphatic hydroxyl groups is 1. The standard InChI is InChI=1S/C45H60N10O12S/c1-9-22(6)38(23(7)56)53-36(59)19-48-40(62)29(13-5)50-43(65)39(24(10-2)11-3)54-42(64)33-14-25(57)20-55(33)45(66)31(17-37(60)61)51-41(63)32(49-35(58)18-46)21-68-44-26(12-4)27-15-28(47)34(67-8)16-30(27)52-44/h4-5,10,15-16,22,24-25,29,31-33,38-39,52,57H,2,9,11,14,17-21,46-47H2,1,3,6-8H3,(H,48,62)(H,49,58)(H,50,65)(H,51,63)(H,53,59)(H,54,64)(H,60,61)/t22-,24-,25+,29-,31-,32-,33-,38-,39-/m0/s1. The molecule has 1 fully saturated rings. The van der Waals surface area contributed by atoms with Crippen molar-refractivity contribution >= 4 is 81.5 Å². The van der Waals surface area contributed by atoms with E-state index >= 15 is 0 Å². The number of nitrogens with zero attached hydrogens (tertiary/aromatic N) is 1. The second-order valence-corrected chi connectivity index (χ2v) is 17.0. The van der Waals surface area contributed by atoms with Crippen LogP contribution in [0.4, 0.5) is 5.69 Å². The van der Waals surface area contributed by atoms with Crippen molar-refractivity contribution in [1.82, 2.24) is 41.8 Å². The average Bonchev–Trinajstić information content (AvgIpc) is 3.87. The number of carbonyl (C=O) groups excluding carboxylic acids is 8. The minimum absolute atomic E-state index is 0.183. The first-order chi connectivity index (χ1) is 32.2. The zero-order chi connectivity index (χ0) is 51.0. The van der Waals surface area contributed by atoms with Gasteiger partial charge in [0.1, 0.15) is 29.9 Å². The van der Waals surface area contributed by atoms with Gasteiger partial charge in [-0.3, -0.25) is 43.2 Å². The number of ether oxygens (including phenoxy) is 1. The van der Waals surface area contributed by atoms with Crippen LogP contribution in [0.25, 0.3) is 10.9 Å². The van der Waals surface area contributed by atoms with E-state index < -0.39 is 122 Å². The summed E-state index contributed by atoms with van der Waals surface area (Å²) in [6, 6.07) is -5.45. The molecule has 1 saturated heterocycles. The lowest BCUT2D eigenvalue weighted by Gasteiger charge is -2.31. The molecule has 9 atom stereocenters. The summed E-state index contributed by atoms with van der Waals surface area (Å²) in [6.45, 7) is 8.77. The number of nitrogens with two attached hydrogens (primary N) is 2. The van der Waals surface area contributed by atoms with Gasteiger partial charge in [0.15, 0.2) is 11.8 Å². The van der Waals surface area contributed by atoms with E-state index in [1.165, 1.54) is 20.1 Å². The third kappa shape index (κ3) is 14.5. The van der Waals surface area contributed by atoms with Crippen molar-refractivity contribution in [2.75, 3.05) is 38.2 Å². The number of hydrogen-bond acceptors (Lipinski definition) is 14. The fourth-order valence-corrected chi connectivity index (χ4v) is 8.41. The second-order valence-electron chi connectivity index (χ2n) is 16.0. The molecule has 1 aliphatic heterocycles. The molecule has 0 aliphatic carbocycles. The number of terminal acetylenes is 2. The number of nitrogens with one attached hydrogen (secondary N) is 7. The number of anilines is 1. The van der Waals surface area contributed by atoms with E-state index in [1.807, 2.05) is 6.92 Å². The number of carboxylic acid groups (broad SMARTS) is 1. The Morgan fingerprint density at radius 2 is 1.68 bits per heavy atom. The van der Waals surface area contributed by atoms with Gasteiger partial charge in [0.2, 0.25) is 35.4 Å². The lowest BCUT2D eigenvalue weighted by Crippen LogP contribution is -2.60. The highest BCUT2D eigenvalue weighted by Gasteiger charge is 2.44. The number of aromatic nitrogens is 1. The van der Waals surface area contributed by atoms with Crippen molar-refractivity contribution in [2.24, 2.45) is 17.6 Å². The highest BCUT2D eigenvalue weighted by molar-refractivity contribution is 7.99. The summed E-state index contributed by atoms with van der Waals surface area (Å²) >= 11 is 1.02. The van der Waals surface area contributed by atoms with Gasteiger partial charge < -0.3 is 68.2 Å². The van der Waals surface area contributed by atoms with Crippen LogP contribution in [0.3, 0.4) is 0 Å². The van der Waals surface area contributed by atoms with Crippen LogP contribution in [0.2, 0.25) is 0 Å². The van der Waals surface area contributed by atoms with Crippen LogP contribution < -0.4 is 48.1 Å². The van der Waals surface area contributed by atoms with Crippen LogP contribution in [0.1, 0.15) is 58.9 Å². The van der Waals surface area contributed by atoms with Crippen molar-refractivity contribution in [3.8, 4) is 30.4 Å². The van der Waals surface area contributed by atoms with Gasteiger partial charge in [-0.25, -0.2) is 0 Å². The van der Waals surface area contributed by atoms with E-state index in [0.717, 1.165) is 16.7 Å². The Bertz CT molecular complexity index is 2340. The number of Topliss-reactive ketones (excluding diaryl/α,β-unsaturated/α-hetero) is 1. The number of carboxylic acids is 1. The number of carbonyl (C=O) groups is 9. The third-order valence-corrected chi connectivity index (χ3v) is 12.3. The lowest BCUT2D eigenvalue weighted by molar-refractivity contribution is -0.146. The number of likely N-dealkylation sites (tertiary alicyclic amines) is 1. The van der Waals surface area contributed by atoms with Gasteiger partial charge in [-0.15, -0.1) is 31.2 Å². The molecule has 0 bridgehead atoms. The molecule has 2 aromatic rings. The van der Waals surface area contributed by atoms with E-state index in [1.54, 1.807) is 26.0 Å². The van der Waals surface area contributed by atoms with E-state index in [0.29, 0.717) is 39.4 Å². The van der Waals surface area contributed by atoms with Crippen LogP contribution in [0, 0.1) is 36.5 Å². The maximum Gasteiger partial charge on any atom is 0.305 e. The van der Waals surface area contributed by atoms with Gasteiger partial charge in [-0.1, -0.05) is 45.1 Å². The molecule has 1 aromatic heterocycles. The Balaban J connectivity index is 1.82. The summed E-state index contributed by atoms with van der Waals surface area (Å²) < 4.78 is 5.29. The quantitative estimate of drug-likeness (QED) is 0.0228. The molecule has 2 heterocycles. The van der Waals surface area contributed by atoms with Gasteiger partial charge in [0.25, 0.3) is 5.91 Å². The Hall–Kier alpha value is -7.08. The molecular weight excluding hydrogens is 905 g/mol. The summed E-state index contributed by atoms with van der Waals surface area (Å²) in [7, 11) is 1.44. The van der Waals surface area contributed by atoms with Crippen molar-refractivity contribution < 1.29 is 58.1 Å². The predicted molar refractivity (Wildman–Crippen MR) is 251 cm³/mol. The number of rotatable bonds is 25. The zero-order valence-corrected chi connectivity index (χ0v) is 39.3. The fourth-order valence-electron chi connectivity index (χ4n) is 7.34. The summed E-state index contributed by atoms with van der Waals surface area (Å²) in [5, 5.41) is 36.1. The summed E-state index contributed by atoms with van der Waals surface area (Å²) in [6.07, 6.45) is 10.9. The molecular formula is C45H60N10O12S. The molecule has 1 aromatic carbocycles. The molecule has 13 N–H and O–H groups in total. The highest BCUT2D eigenvalue weighted by atomic mass is 32.2. The molecule has 0 unspecified atom stereocenters. The predicted octanol–water partition coefficient (Wildman–Crippen LogP) is -1.75. The molecule has 0 spiro atoms. The molecule has 0 radical (unpaired) electrons. The minimum atomic E-state index is -1.84. The number of fused-ring (bicyclic) bond motifs is 1. The van der Waals surface area contributed by atoms with E-state index in [-0.39, 0.29) is 30.3 Å². The van der Waals surface area contributed by atoms with Crippen molar-refractivity contribution in [2.45, 2.75) is 101 Å². The maximum absolute atomic E-state index is 14.2. The monoisotopic (exact) mass is 964 g/mol. The third-order valence-electron chi connectivity index (χ3n) is 11.2. The van der Waals surface area contributed by atoms with Crippen LogP contribution in [-0.4, -0.2) is 148 Å². The normalized spacial score (nSPS) is 17.3. The average molecular weight is 965 g/mol. The van der Waals surface area contributed by atoms with Crippen molar-refractivity contribution in [3.05, 3.63) is 30.4 Å². The number of aliphatic hydroxyl groups excluding tert-OH is 1. The fraction of sp³-hybridized carbons (Fsp3) is 0.489. The maximum atomic E-state index is 14.2. The Morgan fingerprint density at radius 3 is 2.24 bits per heavy atom. The number of thioether (sulfide) groups is 1. The number of H-pyrrole nitrogens is 1. The lowest BCUT2D eigenvalue weighted by atomic mass is 9.95. The topological polar surface area (TPSA) is 347 Å². The van der Waals surface area contributed by atoms with Crippen LogP contribution in [0.5, 0.6) is 5.75 Å². The van der Waals surface area contributed by atoms with Gasteiger partial charge >= 0.3 is 5.97 Å². The van der Waals surface area contributed by atoms with Crippen molar-refractivity contribution in [3.63, 3.8) is 0 Å². The molecule has 23 heteroatoms. The largest absolute Gasteiger partial charge is 0.495 e. The van der Waals surface area contributed by atoms with Gasteiger partial charge in [-0.2, -0.15) is 0 Å². The summed E-state index contributed by atoms with van der Waals surface area (Å²) in [4.78, 5) is 122. The molecule has 1 aliphatic rings. The van der Waals surface area contributed by atoms with Crippen LogP contribution in [-0.2, 0) is 43.2 Å². The summed E-state index contributed by atoms with van der Waals surface area (Å²) in [5.74, 6) is -4.34. The number of β-amino-alcohol motifs (C(OH)–C–C–N with tert-alkyl or cyclic N) is 1. The number of ketones is 1. The van der Waals surface area contributed by atoms with E-state index in [4.69, 9.17) is 29.1 Å². The first-order valence-electron chi connectivity index (χ1n) is 21.5. The first kappa shape index (κ1) is 55.2. The van der Waals surface area contributed by atoms with Gasteiger partial charge in [0, 0.05) is 36.1 Å². The van der Waals surface area contributed by atoms with Crippen LogP contribution >= 0.6 is 11.8 Å². The number of amides is 7. The van der Waals surface area contributed by atoms with Crippen LogP contribution in [0.15, 0.2) is 29.8 Å². The molecule has 0 saturated carbocycles. The Morgan fingerprint density at radius 1 is 0.985 bits per heavy atom. The molecule has 3 rings (SSSR count). The van der Waals surface area contributed by atoms with Crippen molar-refractivity contribution in [1.29, 1.82) is 0 Å². The second kappa shape index (κ2) is 25.7. The van der Waals surface area contributed by atoms with Gasteiger partial charge in [-0.05, 0) is 25.3 Å².